The lowest BCUT2D eigenvalue weighted by Gasteiger charge is -2.07. The van der Waals surface area contributed by atoms with Gasteiger partial charge in [-0.3, -0.25) is 4.79 Å². The Balaban J connectivity index is 1.77. The third-order valence-corrected chi connectivity index (χ3v) is 2.69. The van der Waals surface area contributed by atoms with Gasteiger partial charge in [0.25, 0.3) is 0 Å². The van der Waals surface area contributed by atoms with Crippen LogP contribution in [-0.4, -0.2) is 15.0 Å². The Morgan fingerprint density at radius 1 is 1.18 bits per heavy atom. The van der Waals surface area contributed by atoms with E-state index in [-0.39, 0.29) is 17.3 Å². The molecule has 0 unspecified atom stereocenters. The van der Waals surface area contributed by atoms with Crippen molar-refractivity contribution in [2.24, 2.45) is 0 Å². The largest absolute Gasteiger partial charge is 0.437 e. The molecule has 22 heavy (non-hydrogen) atoms. The molecule has 2 aromatic heterocycles. The molecule has 0 spiro atoms. The second-order valence-electron chi connectivity index (χ2n) is 4.34. The van der Waals surface area contributed by atoms with Gasteiger partial charge >= 0.3 is 0 Å². The smallest absolute Gasteiger partial charge is 0.248 e. The summed E-state index contributed by atoms with van der Waals surface area (Å²) in [4.78, 5) is 21.7. The van der Waals surface area contributed by atoms with Gasteiger partial charge in [-0.25, -0.2) is 9.37 Å². The van der Waals surface area contributed by atoms with Gasteiger partial charge in [0.1, 0.15) is 11.6 Å². The van der Waals surface area contributed by atoms with E-state index in [9.17, 15) is 9.18 Å². The lowest BCUT2D eigenvalue weighted by Crippen LogP contribution is -2.02. The molecule has 0 saturated carbocycles. The zero-order valence-electron chi connectivity index (χ0n) is 11.3. The normalized spacial score (nSPS) is 10.2. The molecule has 0 fully saturated rings. The molecule has 0 aliphatic rings. The van der Waals surface area contributed by atoms with Gasteiger partial charge in [0.05, 0.1) is 0 Å². The third kappa shape index (κ3) is 3.45. The van der Waals surface area contributed by atoms with Crippen LogP contribution in [0, 0.1) is 5.82 Å². The van der Waals surface area contributed by atoms with E-state index >= 15 is 0 Å². The minimum Gasteiger partial charge on any atom is -0.437 e. The lowest BCUT2D eigenvalue weighted by atomic mass is 10.3. The van der Waals surface area contributed by atoms with Crippen LogP contribution >= 0.6 is 0 Å². The molecule has 0 aliphatic carbocycles. The molecule has 7 heteroatoms. The number of benzene rings is 1. The first-order valence-corrected chi connectivity index (χ1v) is 6.41. The molecular formula is C15H11FN4O2. The van der Waals surface area contributed by atoms with Crippen molar-refractivity contribution in [2.45, 2.75) is 0 Å². The molecule has 3 aromatic rings. The van der Waals surface area contributed by atoms with Crippen LogP contribution in [0.15, 0.2) is 59.7 Å². The van der Waals surface area contributed by atoms with Crippen LogP contribution in [0.5, 0.6) is 11.6 Å². The highest BCUT2D eigenvalue weighted by Gasteiger charge is 2.03. The molecule has 0 saturated heterocycles. The molecule has 0 bridgehead atoms. The number of ether oxygens (including phenoxy) is 1. The number of pyridine rings is 1. The van der Waals surface area contributed by atoms with Gasteiger partial charge in [0.2, 0.25) is 17.4 Å². The van der Waals surface area contributed by atoms with Crippen LogP contribution in [0.3, 0.4) is 0 Å². The Hall–Kier alpha value is -3.22. The first-order chi connectivity index (χ1) is 10.7. The topological polar surface area (TPSA) is 79.9 Å². The molecular weight excluding hydrogens is 287 g/mol. The summed E-state index contributed by atoms with van der Waals surface area (Å²) < 4.78 is 18.6. The van der Waals surface area contributed by atoms with Crippen LogP contribution in [-0.2, 0) is 0 Å². The molecule has 0 amide bonds. The molecule has 2 N–H and O–H groups in total. The van der Waals surface area contributed by atoms with Gasteiger partial charge in [0, 0.05) is 30.2 Å². The first kappa shape index (κ1) is 13.7. The van der Waals surface area contributed by atoms with Crippen molar-refractivity contribution in [3.8, 4) is 11.6 Å². The number of anilines is 2. The third-order valence-electron chi connectivity index (χ3n) is 2.69. The maximum atomic E-state index is 13.1. The Bertz CT molecular complexity index is 830. The fourth-order valence-electron chi connectivity index (χ4n) is 1.74. The molecule has 0 aliphatic heterocycles. The zero-order valence-corrected chi connectivity index (χ0v) is 11.3. The summed E-state index contributed by atoms with van der Waals surface area (Å²) in [5.41, 5.74) is 0.310. The number of nitrogens with one attached hydrogen (secondary N) is 2. The Kier molecular flexibility index (Phi) is 3.78. The molecule has 1 aromatic carbocycles. The number of aromatic nitrogens is 3. The van der Waals surface area contributed by atoms with Crippen LogP contribution < -0.4 is 15.6 Å². The summed E-state index contributed by atoms with van der Waals surface area (Å²) in [6, 6.07) is 10.4. The van der Waals surface area contributed by atoms with Crippen LogP contribution in [0.4, 0.5) is 16.0 Å². The average Bonchev–Trinajstić information content (AvgIpc) is 2.50. The predicted molar refractivity (Wildman–Crippen MR) is 78.9 cm³/mol. The van der Waals surface area contributed by atoms with E-state index in [1.165, 1.54) is 36.7 Å². The molecule has 3 rings (SSSR count). The van der Waals surface area contributed by atoms with Crippen molar-refractivity contribution in [2.75, 3.05) is 5.32 Å². The van der Waals surface area contributed by atoms with E-state index in [4.69, 9.17) is 4.74 Å². The summed E-state index contributed by atoms with van der Waals surface area (Å²) in [6.07, 6.45) is 2.94. The zero-order chi connectivity index (χ0) is 15.4. The van der Waals surface area contributed by atoms with Crippen molar-refractivity contribution >= 4 is 11.6 Å². The quantitative estimate of drug-likeness (QED) is 0.774. The number of halogens is 1. The standard InChI is InChI=1S/C15H11FN4O2/c16-10-2-1-3-11(8-10)19-15-17-7-6-14(20-15)22-12-4-5-13(21)18-9-12/h1-9H,(H,18,21)(H,17,19,20). The Labute approximate surface area is 124 Å². The second-order valence-corrected chi connectivity index (χ2v) is 4.34. The van der Waals surface area contributed by atoms with Crippen molar-refractivity contribution in [3.63, 3.8) is 0 Å². The number of H-pyrrole nitrogens is 1. The van der Waals surface area contributed by atoms with Crippen LogP contribution in [0.2, 0.25) is 0 Å². The lowest BCUT2D eigenvalue weighted by molar-refractivity contribution is 0.460. The van der Waals surface area contributed by atoms with Gasteiger partial charge in [-0.1, -0.05) is 6.07 Å². The van der Waals surface area contributed by atoms with Gasteiger partial charge < -0.3 is 15.0 Å². The van der Waals surface area contributed by atoms with Gasteiger partial charge in [0.15, 0.2) is 0 Å². The fraction of sp³-hybridized carbons (Fsp3) is 0. The summed E-state index contributed by atoms with van der Waals surface area (Å²) in [7, 11) is 0. The van der Waals surface area contributed by atoms with E-state index in [0.717, 1.165) is 0 Å². The highest BCUT2D eigenvalue weighted by Crippen LogP contribution is 2.19. The maximum absolute atomic E-state index is 13.1. The number of hydrogen-bond acceptors (Lipinski definition) is 5. The van der Waals surface area contributed by atoms with Gasteiger partial charge in [-0.05, 0) is 24.3 Å². The maximum Gasteiger partial charge on any atom is 0.248 e. The van der Waals surface area contributed by atoms with Crippen LogP contribution in [0.1, 0.15) is 0 Å². The summed E-state index contributed by atoms with van der Waals surface area (Å²) >= 11 is 0. The Morgan fingerprint density at radius 2 is 2.09 bits per heavy atom. The van der Waals surface area contributed by atoms with Crippen molar-refractivity contribution in [1.82, 2.24) is 15.0 Å². The minimum atomic E-state index is -0.356. The molecule has 6 nitrogen and oxygen atoms in total. The minimum absolute atomic E-state index is 0.219. The Morgan fingerprint density at radius 3 is 2.86 bits per heavy atom. The van der Waals surface area contributed by atoms with E-state index in [1.54, 1.807) is 18.2 Å². The van der Waals surface area contributed by atoms with Crippen molar-refractivity contribution in [1.29, 1.82) is 0 Å². The van der Waals surface area contributed by atoms with E-state index in [2.05, 4.69) is 20.3 Å². The number of nitrogens with zero attached hydrogens (tertiary/aromatic N) is 2. The fourth-order valence-corrected chi connectivity index (χ4v) is 1.74. The van der Waals surface area contributed by atoms with E-state index < -0.39 is 0 Å². The molecule has 0 atom stereocenters. The predicted octanol–water partition coefficient (Wildman–Crippen LogP) is 2.84. The van der Waals surface area contributed by atoms with Crippen LogP contribution in [0.25, 0.3) is 0 Å². The van der Waals surface area contributed by atoms with Crippen molar-refractivity contribution in [3.05, 3.63) is 71.0 Å². The summed E-state index contributed by atoms with van der Waals surface area (Å²) in [6.45, 7) is 0. The summed E-state index contributed by atoms with van der Waals surface area (Å²) in [5, 5.41) is 2.88. The molecule has 2 heterocycles. The monoisotopic (exact) mass is 298 g/mol. The second kappa shape index (κ2) is 6.04. The highest BCUT2D eigenvalue weighted by molar-refractivity contribution is 5.53. The van der Waals surface area contributed by atoms with Gasteiger partial charge in [-0.2, -0.15) is 4.98 Å². The molecule has 110 valence electrons. The molecule has 0 radical (unpaired) electrons. The summed E-state index contributed by atoms with van der Waals surface area (Å²) in [5.74, 6) is 0.647. The number of hydrogen-bond donors (Lipinski definition) is 2. The number of rotatable bonds is 4. The SMILES string of the molecule is O=c1ccc(Oc2ccnc(Nc3cccc(F)c3)n2)c[nH]1. The van der Waals surface area contributed by atoms with Gasteiger partial charge in [-0.15, -0.1) is 0 Å². The first-order valence-electron chi connectivity index (χ1n) is 6.41. The van der Waals surface area contributed by atoms with Crippen molar-refractivity contribution < 1.29 is 9.13 Å². The van der Waals surface area contributed by atoms with E-state index in [1.807, 2.05) is 0 Å². The van der Waals surface area contributed by atoms with E-state index in [0.29, 0.717) is 17.3 Å². The highest BCUT2D eigenvalue weighted by atomic mass is 19.1. The average molecular weight is 298 g/mol. The number of aromatic amines is 1.